The Morgan fingerprint density at radius 3 is 2.61 bits per heavy atom. The van der Waals surface area contributed by atoms with Crippen molar-refractivity contribution < 1.29 is 22.4 Å². The molecule has 0 radical (unpaired) electrons. The molecule has 0 aliphatic carbocycles. The summed E-state index contributed by atoms with van der Waals surface area (Å²) in [5.74, 6) is -0.234. The summed E-state index contributed by atoms with van der Waals surface area (Å²) in [5, 5.41) is 14.3. The van der Waals surface area contributed by atoms with Crippen molar-refractivity contribution in [2.45, 2.75) is 52.0 Å². The van der Waals surface area contributed by atoms with Crippen LogP contribution in [0.15, 0.2) is 53.3 Å². The number of hydrogen-bond donors (Lipinski definition) is 2. The second-order valence-corrected chi connectivity index (χ2v) is 9.00. The molecular weight excluding hydrogens is 473 g/mol. The second kappa shape index (κ2) is 8.89. The molecule has 8 nitrogen and oxygen atoms in total. The number of aromatic nitrogens is 4. The van der Waals surface area contributed by atoms with E-state index in [0.29, 0.717) is 23.7 Å². The predicted molar refractivity (Wildman–Crippen MR) is 127 cm³/mol. The lowest BCUT2D eigenvalue weighted by Crippen LogP contribution is -2.36. The van der Waals surface area contributed by atoms with Gasteiger partial charge in [0.2, 0.25) is 0 Å². The van der Waals surface area contributed by atoms with E-state index >= 15 is 0 Å². The monoisotopic (exact) mass is 498 g/mol. The van der Waals surface area contributed by atoms with Gasteiger partial charge < -0.3 is 15.1 Å². The Labute approximate surface area is 205 Å². The number of alkyl halides is 3. The number of halogens is 3. The van der Waals surface area contributed by atoms with Crippen LogP contribution in [0.3, 0.4) is 0 Å². The molecule has 0 unspecified atom stereocenters. The first-order valence-corrected chi connectivity index (χ1v) is 11.5. The van der Waals surface area contributed by atoms with E-state index in [9.17, 15) is 18.0 Å². The Kier molecular flexibility index (Phi) is 5.85. The summed E-state index contributed by atoms with van der Waals surface area (Å²) in [6, 6.07) is 8.62. The third-order valence-electron chi connectivity index (χ3n) is 6.44. The molecule has 0 fully saturated rings. The zero-order chi connectivity index (χ0) is 25.6. The molecule has 2 atom stereocenters. The minimum atomic E-state index is -4.55. The standard InChI is InChI=1S/C25H25F3N6O2/c1-14-6-8-17(9-7-14)13-33-16(3)22(15(2)32-33)31-24(35)18-12-29-34-21(25(26,27)28)11-19(30-23(18)34)20-5-4-10-36-20/h4-10,12,19,21,30H,11,13H2,1-3H3,(H,31,35)/t19-,21-/m0/s1. The lowest BCUT2D eigenvalue weighted by molar-refractivity contribution is -0.174. The summed E-state index contributed by atoms with van der Waals surface area (Å²) in [4.78, 5) is 13.3. The average Bonchev–Trinajstić information content (AvgIpc) is 3.56. The van der Waals surface area contributed by atoms with Gasteiger partial charge in [-0.05, 0) is 38.5 Å². The Bertz CT molecular complexity index is 1390. The molecule has 11 heteroatoms. The van der Waals surface area contributed by atoms with Crippen LogP contribution in [0.5, 0.6) is 0 Å². The van der Waals surface area contributed by atoms with E-state index in [4.69, 9.17) is 4.42 Å². The third-order valence-corrected chi connectivity index (χ3v) is 6.44. The number of anilines is 2. The fourth-order valence-corrected chi connectivity index (χ4v) is 4.48. The molecule has 0 spiro atoms. The van der Waals surface area contributed by atoms with Crippen LogP contribution in [0.4, 0.5) is 24.7 Å². The van der Waals surface area contributed by atoms with Crippen LogP contribution in [-0.4, -0.2) is 31.6 Å². The van der Waals surface area contributed by atoms with Gasteiger partial charge in [-0.3, -0.25) is 9.48 Å². The lowest BCUT2D eigenvalue weighted by atomic mass is 10.0. The molecule has 1 amide bonds. The van der Waals surface area contributed by atoms with Crippen LogP contribution in [-0.2, 0) is 6.54 Å². The van der Waals surface area contributed by atoms with Gasteiger partial charge in [-0.25, -0.2) is 4.68 Å². The van der Waals surface area contributed by atoms with Crippen molar-refractivity contribution in [2.75, 3.05) is 10.6 Å². The van der Waals surface area contributed by atoms with Crippen LogP contribution in [0.25, 0.3) is 0 Å². The Hall–Kier alpha value is -4.02. The summed E-state index contributed by atoms with van der Waals surface area (Å²) in [5.41, 5.74) is 4.06. The molecule has 4 aromatic rings. The number of carbonyl (C=O) groups excluding carboxylic acids is 1. The average molecular weight is 499 g/mol. The first kappa shape index (κ1) is 23.7. The van der Waals surface area contributed by atoms with E-state index in [1.165, 1.54) is 6.26 Å². The summed E-state index contributed by atoms with van der Waals surface area (Å²) in [6.45, 7) is 6.14. The molecule has 1 aliphatic rings. The topological polar surface area (TPSA) is 89.9 Å². The highest BCUT2D eigenvalue weighted by atomic mass is 19.4. The van der Waals surface area contributed by atoms with E-state index in [2.05, 4.69) is 20.8 Å². The molecule has 1 aliphatic heterocycles. The largest absolute Gasteiger partial charge is 0.467 e. The van der Waals surface area contributed by atoms with Crippen LogP contribution in [0, 0.1) is 20.8 Å². The summed E-state index contributed by atoms with van der Waals surface area (Å²) >= 11 is 0. The molecule has 0 saturated carbocycles. The van der Waals surface area contributed by atoms with Crippen molar-refractivity contribution in [2.24, 2.45) is 0 Å². The summed E-state index contributed by atoms with van der Waals surface area (Å²) in [7, 11) is 0. The molecule has 4 heterocycles. The highest BCUT2D eigenvalue weighted by Crippen LogP contribution is 2.44. The Morgan fingerprint density at radius 2 is 1.94 bits per heavy atom. The number of hydrogen-bond acceptors (Lipinski definition) is 5. The van der Waals surface area contributed by atoms with E-state index in [0.717, 1.165) is 27.7 Å². The number of nitrogens with one attached hydrogen (secondary N) is 2. The maximum atomic E-state index is 13.9. The number of nitrogens with zero attached hydrogens (tertiary/aromatic N) is 4. The van der Waals surface area contributed by atoms with Gasteiger partial charge in [0.05, 0.1) is 42.1 Å². The minimum absolute atomic E-state index is 0.00518. The van der Waals surface area contributed by atoms with E-state index in [1.54, 1.807) is 23.7 Å². The van der Waals surface area contributed by atoms with E-state index in [-0.39, 0.29) is 17.8 Å². The molecule has 36 heavy (non-hydrogen) atoms. The predicted octanol–water partition coefficient (Wildman–Crippen LogP) is 5.56. The number of carbonyl (C=O) groups is 1. The van der Waals surface area contributed by atoms with Crippen molar-refractivity contribution >= 4 is 17.4 Å². The zero-order valence-corrected chi connectivity index (χ0v) is 19.9. The van der Waals surface area contributed by atoms with Crippen molar-refractivity contribution in [3.05, 3.63) is 82.7 Å². The molecule has 0 bridgehead atoms. The highest BCUT2D eigenvalue weighted by molar-refractivity contribution is 6.08. The maximum Gasteiger partial charge on any atom is 0.410 e. The first-order chi connectivity index (χ1) is 17.1. The number of amides is 1. The van der Waals surface area contributed by atoms with Gasteiger partial charge in [0, 0.05) is 6.42 Å². The first-order valence-electron chi connectivity index (χ1n) is 11.5. The number of aryl methyl sites for hydroxylation is 2. The van der Waals surface area contributed by atoms with Gasteiger partial charge in [-0.15, -0.1) is 0 Å². The number of fused-ring (bicyclic) bond motifs is 1. The number of benzene rings is 1. The van der Waals surface area contributed by atoms with Crippen LogP contribution < -0.4 is 10.6 Å². The quantitative estimate of drug-likeness (QED) is 0.376. The molecule has 1 aromatic carbocycles. The zero-order valence-electron chi connectivity index (χ0n) is 19.9. The van der Waals surface area contributed by atoms with Gasteiger partial charge in [-0.2, -0.15) is 23.4 Å². The fraction of sp³-hybridized carbons (Fsp3) is 0.320. The van der Waals surface area contributed by atoms with Crippen LogP contribution in [0.1, 0.15) is 57.1 Å². The van der Waals surface area contributed by atoms with Gasteiger partial charge in [0.15, 0.2) is 6.04 Å². The third kappa shape index (κ3) is 4.36. The number of furan rings is 1. The molecule has 0 saturated heterocycles. The Morgan fingerprint density at radius 1 is 1.19 bits per heavy atom. The molecule has 3 aromatic heterocycles. The molecule has 5 rings (SSSR count). The molecular formula is C25H25F3N6O2. The molecule has 2 N–H and O–H groups in total. The summed E-state index contributed by atoms with van der Waals surface area (Å²) < 4.78 is 49.6. The smallest absolute Gasteiger partial charge is 0.410 e. The van der Waals surface area contributed by atoms with Gasteiger partial charge >= 0.3 is 6.18 Å². The van der Waals surface area contributed by atoms with Crippen molar-refractivity contribution in [1.29, 1.82) is 0 Å². The highest BCUT2D eigenvalue weighted by Gasteiger charge is 2.47. The van der Waals surface area contributed by atoms with E-state index < -0.39 is 24.2 Å². The van der Waals surface area contributed by atoms with Gasteiger partial charge in [0.1, 0.15) is 17.1 Å². The SMILES string of the molecule is Cc1ccc(Cn2nc(C)c(NC(=O)c3cnn4c3N[C@H](c3ccco3)C[C@H]4C(F)(F)F)c2C)cc1. The normalized spacial score (nSPS) is 17.5. The van der Waals surface area contributed by atoms with Crippen molar-refractivity contribution in [3.63, 3.8) is 0 Å². The van der Waals surface area contributed by atoms with Gasteiger partial charge in [-0.1, -0.05) is 29.8 Å². The lowest BCUT2D eigenvalue weighted by Gasteiger charge is -2.32. The van der Waals surface area contributed by atoms with Crippen molar-refractivity contribution in [1.82, 2.24) is 19.6 Å². The van der Waals surface area contributed by atoms with Crippen molar-refractivity contribution in [3.8, 4) is 0 Å². The van der Waals surface area contributed by atoms with Gasteiger partial charge in [0.25, 0.3) is 5.91 Å². The minimum Gasteiger partial charge on any atom is -0.467 e. The maximum absolute atomic E-state index is 13.9. The molecule has 188 valence electrons. The van der Waals surface area contributed by atoms with Crippen LogP contribution in [0.2, 0.25) is 0 Å². The van der Waals surface area contributed by atoms with Crippen LogP contribution >= 0.6 is 0 Å². The fourth-order valence-electron chi connectivity index (χ4n) is 4.48. The summed E-state index contributed by atoms with van der Waals surface area (Å²) in [6.07, 6.45) is -2.30. The van der Waals surface area contributed by atoms with E-state index in [1.807, 2.05) is 38.1 Å². The Balaban J connectivity index is 1.42. The number of rotatable bonds is 5. The second-order valence-electron chi connectivity index (χ2n) is 9.00.